The highest BCUT2D eigenvalue weighted by Gasteiger charge is 2.60. The number of urea groups is 1. The van der Waals surface area contributed by atoms with Gasteiger partial charge in [0, 0.05) is 101 Å². The monoisotopic (exact) mass is 1300 g/mol. The lowest BCUT2D eigenvalue weighted by Gasteiger charge is -2.60. The lowest BCUT2D eigenvalue weighted by molar-refractivity contribution is -0.358. The molecule has 9 aliphatic heterocycles. The summed E-state index contributed by atoms with van der Waals surface area (Å²) in [6, 6.07) is 4.28. The molecule has 20 atom stereocenters. The first kappa shape index (κ1) is 69.7. The van der Waals surface area contributed by atoms with Gasteiger partial charge in [-0.3, -0.25) is 33.7 Å². The van der Waals surface area contributed by atoms with Gasteiger partial charge in [0.15, 0.2) is 5.79 Å². The van der Waals surface area contributed by atoms with Gasteiger partial charge in [0.05, 0.1) is 73.1 Å². The van der Waals surface area contributed by atoms with Crippen LogP contribution in [0.2, 0.25) is 0 Å². The zero-order chi connectivity index (χ0) is 66.3. The fourth-order valence-corrected chi connectivity index (χ4v) is 15.6. The van der Waals surface area contributed by atoms with Gasteiger partial charge in [0.1, 0.15) is 24.5 Å². The minimum atomic E-state index is -1.32. The largest absolute Gasteiger partial charge is 0.445 e. The van der Waals surface area contributed by atoms with Crippen LogP contribution in [-0.4, -0.2) is 175 Å². The van der Waals surface area contributed by atoms with Gasteiger partial charge >= 0.3 is 12.1 Å². The van der Waals surface area contributed by atoms with Crippen LogP contribution in [0, 0.1) is 35.5 Å². The molecule has 8 saturated heterocycles. The van der Waals surface area contributed by atoms with E-state index in [1.165, 1.54) is 0 Å². The fraction of sp³-hybridized carbons (Fsp3) is 0.710. The number of rotatable bonds is 21. The Kier molecular flexibility index (Phi) is 23.4. The Labute approximate surface area is 545 Å². The van der Waals surface area contributed by atoms with E-state index in [1.54, 1.807) is 52.1 Å². The molecule has 8 N–H and O–H groups in total. The summed E-state index contributed by atoms with van der Waals surface area (Å²) in [6.07, 6.45) is 9.16. The molecule has 8 amide bonds. The third-order valence-corrected chi connectivity index (χ3v) is 21.1. The molecule has 9 fully saturated rings. The summed E-state index contributed by atoms with van der Waals surface area (Å²) in [7, 11) is 1.66. The van der Waals surface area contributed by atoms with E-state index in [2.05, 4.69) is 46.7 Å². The third kappa shape index (κ3) is 17.5. The molecule has 0 spiro atoms. The number of alkyl carbamates (subject to hydrolysis) is 1. The summed E-state index contributed by atoms with van der Waals surface area (Å²) in [5, 5.41) is 26.1. The van der Waals surface area contributed by atoms with Crippen molar-refractivity contribution < 1.29 is 81.4 Å². The van der Waals surface area contributed by atoms with Crippen LogP contribution < -0.4 is 32.3 Å². The summed E-state index contributed by atoms with van der Waals surface area (Å²) in [4.78, 5) is 104. The number of ether oxygens (including phenoxy) is 8. The van der Waals surface area contributed by atoms with Crippen LogP contribution in [0.4, 0.5) is 15.3 Å². The average molecular weight is 1300 g/mol. The molecule has 1 saturated carbocycles. The molecule has 9 heterocycles. The van der Waals surface area contributed by atoms with Crippen LogP contribution >= 0.6 is 0 Å². The maximum Gasteiger partial charge on any atom is 0.407 e. The number of hydrogen-bond acceptors (Lipinski definition) is 17. The highest BCUT2D eigenvalue weighted by molar-refractivity contribution is 6.13. The lowest BCUT2D eigenvalue weighted by Crippen LogP contribution is -2.68. The van der Waals surface area contributed by atoms with Gasteiger partial charge in [-0.1, -0.05) is 53.0 Å². The van der Waals surface area contributed by atoms with Crippen LogP contribution in [0.25, 0.3) is 0 Å². The minimum absolute atomic E-state index is 0.0395. The predicted molar refractivity (Wildman–Crippen MR) is 339 cm³/mol. The quantitative estimate of drug-likeness (QED) is 0.0406. The number of benzene rings is 1. The van der Waals surface area contributed by atoms with E-state index in [-0.39, 0.29) is 142 Å². The molecule has 3 unspecified atom stereocenters. The maximum absolute atomic E-state index is 14.5. The van der Waals surface area contributed by atoms with Crippen molar-refractivity contribution in [3.05, 3.63) is 66.3 Å². The molecule has 24 heteroatoms. The van der Waals surface area contributed by atoms with Gasteiger partial charge in [-0.05, 0) is 130 Å². The molecule has 512 valence electrons. The minimum Gasteiger partial charge on any atom is -0.445 e. The fourth-order valence-electron chi connectivity index (χ4n) is 15.6. The number of carbonyl (C=O) groups is 8. The molecule has 1 aliphatic carbocycles. The summed E-state index contributed by atoms with van der Waals surface area (Å²) < 4.78 is 52.9. The smallest absolute Gasteiger partial charge is 0.407 e. The molecule has 10 aliphatic rings. The van der Waals surface area contributed by atoms with Crippen molar-refractivity contribution in [3.63, 3.8) is 0 Å². The van der Waals surface area contributed by atoms with Crippen molar-refractivity contribution in [2.45, 2.75) is 247 Å². The number of carbonyl (C=O) groups excluding carboxylic acids is 8. The zero-order valence-corrected chi connectivity index (χ0v) is 54.7. The summed E-state index contributed by atoms with van der Waals surface area (Å²) in [5.41, 5.74) is 8.44. The topological polar surface area (TPSA) is 320 Å². The number of imide groups is 1. The molecular formula is C69H99N7O17. The number of ketones is 1. The number of Topliss-reactive ketones (excluding diaryl/α,β-unsaturated/α-hetero) is 1. The SMILES string of the molecule is C=C1C[C@@H]2CC[C@@]3(O)CC[C@@H]4C[C@@H]5C4O[C@H]4CC[C@H](CC(=O)C[C@@H]6[C@@H](OC)[C@@H](CCCNC(=O)OCc7ccc(NC(=O)C(C)[C@H](CCCNC(N)=O)NC(=O)[C@@H](NC(=O)CCN8C(=O)C=CC8=O)C(C)C)cc7)O[C@H]6C[C@H]6O[C@@H](CC[C@@H]1O2)C[C@@H](C)C6=C)OC4[C@@H]5O3. The standard InChI is InChI=1S/C69H99N7O17/c1-37(2)60(75-57(78)24-29-76-58(79)20-21-59(76)80)66(82)74-51(10-8-27-71-67(70)83)41(6)65(81)73-44-14-12-42(13-15-44)36-87-68(84)72-28-9-11-53-62(86-7)49-34-45(77)33-47-17-19-54-64(90-47)63-50-32-43(61(50)92-54)22-25-69(85,93-63)26-23-48-31-39(4)52(88-48)18-16-46-30-38(3)40(5)55(89-46)35-56(49)91-53/h12-15,20-21,37-38,41,43,46-56,60-64,85H,4-5,8-11,16-19,22-36H2,1-3,6-7H3,(H,72,84)(H,73,81)(H,74,82)(H,75,78)(H3,70,71,83)/t38-,41?,43-,46+,47-,48+,49+,50-,51+,52+,53-,54+,55-,56+,60+,61?,62-,63-,64?,69-/m1/s1. The number of nitrogens with two attached hydrogens (primary N) is 1. The van der Waals surface area contributed by atoms with Crippen molar-refractivity contribution in [3.8, 4) is 0 Å². The summed E-state index contributed by atoms with van der Waals surface area (Å²) >= 11 is 0. The Balaban J connectivity index is 0.720. The number of anilines is 1. The number of nitrogens with one attached hydrogen (secondary N) is 5. The van der Waals surface area contributed by atoms with Crippen molar-refractivity contribution >= 4 is 53.1 Å². The lowest BCUT2D eigenvalue weighted by atomic mass is 9.62. The number of fused-ring (bicyclic) bond motifs is 7. The zero-order valence-electron chi connectivity index (χ0n) is 54.7. The second-order valence-electron chi connectivity index (χ2n) is 28.0. The number of amides is 8. The Morgan fingerprint density at radius 2 is 1.47 bits per heavy atom. The van der Waals surface area contributed by atoms with Gasteiger partial charge in [0.2, 0.25) is 17.7 Å². The Morgan fingerprint density at radius 3 is 2.22 bits per heavy atom. The normalized spacial score (nSPS) is 34.4. The molecule has 24 nitrogen and oxygen atoms in total. The molecule has 1 aromatic carbocycles. The third-order valence-electron chi connectivity index (χ3n) is 21.1. The first-order valence-corrected chi connectivity index (χ1v) is 34.1. The number of nitrogens with zero attached hydrogens (tertiary/aromatic N) is 1. The van der Waals surface area contributed by atoms with Crippen molar-refractivity contribution in [2.24, 2.45) is 41.2 Å². The van der Waals surface area contributed by atoms with E-state index in [9.17, 15) is 43.5 Å². The molecule has 1 aromatic rings. The Bertz CT molecular complexity index is 2910. The number of hydrogen-bond donors (Lipinski definition) is 7. The second-order valence-corrected chi connectivity index (χ2v) is 28.0. The van der Waals surface area contributed by atoms with Gasteiger partial charge < -0.3 is 75.3 Å². The molecular weight excluding hydrogens is 1200 g/mol. The second kappa shape index (κ2) is 31.2. The molecule has 11 rings (SSSR count). The van der Waals surface area contributed by atoms with Gasteiger partial charge in [-0.25, -0.2) is 9.59 Å². The molecule has 0 radical (unpaired) electrons. The highest BCUT2D eigenvalue weighted by atomic mass is 16.7. The van der Waals surface area contributed by atoms with Crippen molar-refractivity contribution in [1.29, 1.82) is 0 Å². The van der Waals surface area contributed by atoms with Crippen LogP contribution in [0.5, 0.6) is 0 Å². The van der Waals surface area contributed by atoms with Crippen LogP contribution in [0.1, 0.15) is 155 Å². The van der Waals surface area contributed by atoms with E-state index in [4.69, 9.17) is 43.6 Å². The van der Waals surface area contributed by atoms with E-state index >= 15 is 0 Å². The van der Waals surface area contributed by atoms with E-state index in [0.717, 1.165) is 73.1 Å². The molecule has 11 bridgehead atoms. The average Bonchev–Trinajstić information content (AvgIpc) is 1.50. The maximum atomic E-state index is 14.5. The summed E-state index contributed by atoms with van der Waals surface area (Å²) in [6.45, 7) is 16.6. The van der Waals surface area contributed by atoms with E-state index in [1.807, 2.05) is 0 Å². The van der Waals surface area contributed by atoms with E-state index in [0.29, 0.717) is 68.5 Å². The predicted octanol–water partition coefficient (Wildman–Crippen LogP) is 6.25. The summed E-state index contributed by atoms with van der Waals surface area (Å²) in [5.74, 6) is -4.59. The number of primary amides is 1. The highest BCUT2D eigenvalue weighted by Crippen LogP contribution is 2.54. The van der Waals surface area contributed by atoms with Gasteiger partial charge in [-0.15, -0.1) is 0 Å². The number of aliphatic hydroxyl groups is 1. The first-order chi connectivity index (χ1) is 44.5. The van der Waals surface area contributed by atoms with E-state index < -0.39 is 77.7 Å². The van der Waals surface area contributed by atoms with Crippen molar-refractivity contribution in [1.82, 2.24) is 26.2 Å². The van der Waals surface area contributed by atoms with Gasteiger partial charge in [-0.2, -0.15) is 0 Å². The van der Waals surface area contributed by atoms with Crippen LogP contribution in [-0.2, 0) is 73.3 Å². The Hall–Kier alpha value is -6.12. The van der Waals surface area contributed by atoms with Crippen LogP contribution in [0.15, 0.2) is 60.7 Å². The molecule has 93 heavy (non-hydrogen) atoms. The van der Waals surface area contributed by atoms with Crippen molar-refractivity contribution in [2.75, 3.05) is 32.1 Å². The molecule has 0 aromatic heterocycles. The number of methoxy groups -OCH3 is 1. The van der Waals surface area contributed by atoms with Crippen LogP contribution in [0.3, 0.4) is 0 Å². The first-order valence-electron chi connectivity index (χ1n) is 34.1. The van der Waals surface area contributed by atoms with Gasteiger partial charge in [0.25, 0.3) is 11.8 Å². The Morgan fingerprint density at radius 1 is 0.753 bits per heavy atom.